The third-order valence-corrected chi connectivity index (χ3v) is 5.59. The summed E-state index contributed by atoms with van der Waals surface area (Å²) in [5.74, 6) is 0.0629. The first-order valence-corrected chi connectivity index (χ1v) is 8.93. The minimum atomic E-state index is -3.26. The van der Waals surface area contributed by atoms with E-state index >= 15 is 0 Å². The van der Waals surface area contributed by atoms with Gasteiger partial charge in [-0.25, -0.2) is 8.42 Å². The summed E-state index contributed by atoms with van der Waals surface area (Å²) >= 11 is 0. The summed E-state index contributed by atoms with van der Waals surface area (Å²) in [6.07, 6.45) is 4.28. The molecule has 1 saturated heterocycles. The van der Waals surface area contributed by atoms with Crippen LogP contribution in [0.15, 0.2) is 54.9 Å². The minimum absolute atomic E-state index is 0.0629. The maximum absolute atomic E-state index is 12.5. The van der Waals surface area contributed by atoms with E-state index in [9.17, 15) is 8.42 Å². The van der Waals surface area contributed by atoms with Gasteiger partial charge in [0.25, 0.3) is 0 Å². The van der Waals surface area contributed by atoms with Gasteiger partial charge in [-0.15, -0.1) is 0 Å². The molecule has 0 radical (unpaired) electrons. The van der Waals surface area contributed by atoms with Gasteiger partial charge in [0.1, 0.15) is 0 Å². The molecule has 1 N–H and O–H groups in total. The predicted octanol–water partition coefficient (Wildman–Crippen LogP) is 2.10. The van der Waals surface area contributed by atoms with Gasteiger partial charge in [-0.05, 0) is 24.1 Å². The van der Waals surface area contributed by atoms with Gasteiger partial charge in [0.05, 0.1) is 11.4 Å². The molecule has 3 rings (SSSR count). The second kappa shape index (κ2) is 6.46. The summed E-state index contributed by atoms with van der Waals surface area (Å²) in [5.41, 5.74) is 1.75. The molecule has 1 aliphatic rings. The number of hydrogen-bond donors (Lipinski definition) is 1. The van der Waals surface area contributed by atoms with Gasteiger partial charge in [-0.3, -0.25) is 4.98 Å². The number of sulfonamides is 1. The van der Waals surface area contributed by atoms with Crippen LogP contribution in [0.1, 0.15) is 12.0 Å². The number of pyridine rings is 1. The number of hydrogen-bond acceptors (Lipinski definition) is 4. The SMILES string of the molecule is O=S(=O)(Cc1ccccc1)N1CCC(Nc2cccnc2)C1. The van der Waals surface area contributed by atoms with E-state index < -0.39 is 10.0 Å². The summed E-state index contributed by atoms with van der Waals surface area (Å²) in [5, 5.41) is 3.34. The smallest absolute Gasteiger partial charge is 0.218 e. The Hall–Kier alpha value is -1.92. The minimum Gasteiger partial charge on any atom is -0.380 e. The lowest BCUT2D eigenvalue weighted by Gasteiger charge is -2.17. The fourth-order valence-electron chi connectivity index (χ4n) is 2.66. The molecule has 1 fully saturated rings. The predicted molar refractivity (Wildman–Crippen MR) is 86.9 cm³/mol. The Morgan fingerprint density at radius 2 is 2.00 bits per heavy atom. The average Bonchev–Trinajstić information content (AvgIpc) is 2.98. The fourth-order valence-corrected chi connectivity index (χ4v) is 4.25. The molecule has 116 valence electrons. The lowest BCUT2D eigenvalue weighted by molar-refractivity contribution is 0.473. The Morgan fingerprint density at radius 3 is 2.73 bits per heavy atom. The van der Waals surface area contributed by atoms with Gasteiger partial charge >= 0.3 is 0 Å². The molecule has 1 aromatic heterocycles. The van der Waals surface area contributed by atoms with Crippen molar-refractivity contribution >= 4 is 15.7 Å². The third kappa shape index (κ3) is 3.64. The van der Waals surface area contributed by atoms with E-state index in [1.54, 1.807) is 16.7 Å². The van der Waals surface area contributed by atoms with Gasteiger partial charge < -0.3 is 5.32 Å². The molecule has 6 heteroatoms. The Morgan fingerprint density at radius 1 is 1.18 bits per heavy atom. The van der Waals surface area contributed by atoms with Crippen molar-refractivity contribution in [2.45, 2.75) is 18.2 Å². The summed E-state index contributed by atoms with van der Waals surface area (Å²) in [6, 6.07) is 13.2. The molecule has 0 spiro atoms. The van der Waals surface area contributed by atoms with Crippen LogP contribution in [0.4, 0.5) is 5.69 Å². The molecule has 1 aromatic carbocycles. The monoisotopic (exact) mass is 317 g/mol. The van der Waals surface area contributed by atoms with Gasteiger partial charge in [0, 0.05) is 31.5 Å². The summed E-state index contributed by atoms with van der Waals surface area (Å²) < 4.78 is 26.5. The van der Waals surface area contributed by atoms with Crippen LogP contribution in [-0.2, 0) is 15.8 Å². The van der Waals surface area contributed by atoms with Gasteiger partial charge in [0.2, 0.25) is 10.0 Å². The van der Waals surface area contributed by atoms with Crippen LogP contribution in [-0.4, -0.2) is 36.8 Å². The van der Waals surface area contributed by atoms with Gasteiger partial charge in [-0.1, -0.05) is 30.3 Å². The number of nitrogens with zero attached hydrogens (tertiary/aromatic N) is 2. The normalized spacial score (nSPS) is 19.2. The highest BCUT2D eigenvalue weighted by Crippen LogP contribution is 2.20. The van der Waals surface area contributed by atoms with Crippen molar-refractivity contribution < 1.29 is 8.42 Å². The van der Waals surface area contributed by atoms with Crippen molar-refractivity contribution in [1.29, 1.82) is 0 Å². The van der Waals surface area contributed by atoms with Crippen molar-refractivity contribution in [2.24, 2.45) is 0 Å². The van der Waals surface area contributed by atoms with E-state index in [-0.39, 0.29) is 11.8 Å². The Labute approximate surface area is 131 Å². The molecule has 1 atom stereocenters. The number of anilines is 1. The van der Waals surface area contributed by atoms with Crippen LogP contribution >= 0.6 is 0 Å². The average molecular weight is 317 g/mol. The van der Waals surface area contributed by atoms with Crippen molar-refractivity contribution in [1.82, 2.24) is 9.29 Å². The van der Waals surface area contributed by atoms with Crippen LogP contribution in [0.5, 0.6) is 0 Å². The lowest BCUT2D eigenvalue weighted by Crippen LogP contribution is -2.32. The Kier molecular flexibility index (Phi) is 4.40. The van der Waals surface area contributed by atoms with Crippen LogP contribution in [0.25, 0.3) is 0 Å². The van der Waals surface area contributed by atoms with Crippen molar-refractivity contribution in [2.75, 3.05) is 18.4 Å². The topological polar surface area (TPSA) is 62.3 Å². The van der Waals surface area contributed by atoms with Crippen molar-refractivity contribution in [3.05, 3.63) is 60.4 Å². The molecule has 1 aliphatic heterocycles. The summed E-state index contributed by atoms with van der Waals surface area (Å²) in [7, 11) is -3.26. The quantitative estimate of drug-likeness (QED) is 0.917. The Bertz CT molecular complexity index is 705. The first-order chi connectivity index (χ1) is 10.6. The largest absolute Gasteiger partial charge is 0.380 e. The standard InChI is InChI=1S/C16H19N3O2S/c20-22(21,13-14-5-2-1-3-6-14)19-10-8-16(12-19)18-15-7-4-9-17-11-15/h1-7,9,11,16,18H,8,10,12-13H2. The first-order valence-electron chi connectivity index (χ1n) is 7.32. The zero-order valence-corrected chi connectivity index (χ0v) is 13.0. The van der Waals surface area contributed by atoms with Crippen LogP contribution in [0, 0.1) is 0 Å². The van der Waals surface area contributed by atoms with E-state index in [0.29, 0.717) is 13.1 Å². The van der Waals surface area contributed by atoms with E-state index in [2.05, 4.69) is 10.3 Å². The fraction of sp³-hybridized carbons (Fsp3) is 0.312. The van der Waals surface area contributed by atoms with E-state index in [1.165, 1.54) is 0 Å². The van der Waals surface area contributed by atoms with Gasteiger partial charge in [-0.2, -0.15) is 4.31 Å². The van der Waals surface area contributed by atoms with Crippen LogP contribution < -0.4 is 5.32 Å². The molecule has 0 saturated carbocycles. The van der Waals surface area contributed by atoms with Gasteiger partial charge in [0.15, 0.2) is 0 Å². The van der Waals surface area contributed by atoms with E-state index in [0.717, 1.165) is 17.7 Å². The highest BCUT2D eigenvalue weighted by Gasteiger charge is 2.31. The molecule has 0 aliphatic carbocycles. The second-order valence-corrected chi connectivity index (χ2v) is 7.44. The molecule has 1 unspecified atom stereocenters. The molecule has 22 heavy (non-hydrogen) atoms. The highest BCUT2D eigenvalue weighted by molar-refractivity contribution is 7.88. The molecule has 2 heterocycles. The van der Waals surface area contributed by atoms with Crippen LogP contribution in [0.2, 0.25) is 0 Å². The van der Waals surface area contributed by atoms with Crippen LogP contribution in [0.3, 0.4) is 0 Å². The Balaban J connectivity index is 1.62. The third-order valence-electron chi connectivity index (χ3n) is 3.77. The van der Waals surface area contributed by atoms with E-state index in [4.69, 9.17) is 0 Å². The number of rotatable bonds is 5. The number of aromatic nitrogens is 1. The lowest BCUT2D eigenvalue weighted by atomic mass is 10.2. The molecule has 5 nitrogen and oxygen atoms in total. The van der Waals surface area contributed by atoms with Crippen molar-refractivity contribution in [3.8, 4) is 0 Å². The zero-order valence-electron chi connectivity index (χ0n) is 12.2. The second-order valence-electron chi connectivity index (χ2n) is 5.47. The molecular formula is C16H19N3O2S. The maximum Gasteiger partial charge on any atom is 0.218 e. The van der Waals surface area contributed by atoms with Crippen molar-refractivity contribution in [3.63, 3.8) is 0 Å². The molecule has 0 bridgehead atoms. The van der Waals surface area contributed by atoms with E-state index in [1.807, 2.05) is 42.5 Å². The molecule has 2 aromatic rings. The zero-order chi connectivity index (χ0) is 15.4. The summed E-state index contributed by atoms with van der Waals surface area (Å²) in [4.78, 5) is 4.06. The number of nitrogens with one attached hydrogen (secondary N) is 1. The first kappa shape index (κ1) is 15.0. The summed E-state index contributed by atoms with van der Waals surface area (Å²) in [6.45, 7) is 1.07. The molecular weight excluding hydrogens is 298 g/mol. The molecule has 0 amide bonds. The maximum atomic E-state index is 12.5. The number of benzene rings is 1. The highest BCUT2D eigenvalue weighted by atomic mass is 32.2.